The number of likely N-dealkylation sites (N-methyl/N-ethyl adjacent to an activating group) is 1. The van der Waals surface area contributed by atoms with Crippen LogP contribution in [0.3, 0.4) is 0 Å². The van der Waals surface area contributed by atoms with E-state index in [0.29, 0.717) is 15.6 Å². The minimum absolute atomic E-state index is 0.0388. The molecule has 0 saturated carbocycles. The number of amides is 2. The summed E-state index contributed by atoms with van der Waals surface area (Å²) in [6.45, 7) is -0.0388. The summed E-state index contributed by atoms with van der Waals surface area (Å²) < 4.78 is 0. The maximum atomic E-state index is 13.6. The number of nitrogens with one attached hydrogen (secondary N) is 1. The lowest BCUT2D eigenvalue weighted by Gasteiger charge is -2.31. The molecule has 0 aromatic heterocycles. The zero-order valence-electron chi connectivity index (χ0n) is 18.4. The molecule has 7 nitrogen and oxygen atoms in total. The van der Waals surface area contributed by atoms with E-state index >= 15 is 0 Å². The van der Waals surface area contributed by atoms with Crippen LogP contribution in [0.5, 0.6) is 0 Å². The normalized spacial score (nSPS) is 11.5. The highest BCUT2D eigenvalue weighted by atomic mass is 35.5. The maximum absolute atomic E-state index is 13.6. The molecule has 0 saturated heterocycles. The molecule has 9 heteroatoms. The topological polar surface area (TPSA) is 92.6 Å². The Morgan fingerprint density at radius 1 is 0.971 bits per heavy atom. The van der Waals surface area contributed by atoms with Gasteiger partial charge in [0.1, 0.15) is 6.04 Å². The Morgan fingerprint density at radius 3 is 2.21 bits per heavy atom. The van der Waals surface area contributed by atoms with Crippen molar-refractivity contribution in [2.45, 2.75) is 25.4 Å². The molecule has 0 aliphatic heterocycles. The third kappa shape index (κ3) is 6.12. The fraction of sp³-hybridized carbons (Fsp3) is 0.200. The van der Waals surface area contributed by atoms with Crippen molar-refractivity contribution in [1.82, 2.24) is 10.2 Å². The van der Waals surface area contributed by atoms with Crippen molar-refractivity contribution in [3.05, 3.63) is 110 Å². The van der Waals surface area contributed by atoms with Gasteiger partial charge in [-0.25, -0.2) is 0 Å². The summed E-state index contributed by atoms with van der Waals surface area (Å²) in [5, 5.41) is 14.8. The molecule has 0 fully saturated rings. The smallest absolute Gasteiger partial charge is 0.273 e. The lowest BCUT2D eigenvalue weighted by Crippen LogP contribution is -2.50. The summed E-state index contributed by atoms with van der Waals surface area (Å²) >= 11 is 12.7. The first kappa shape index (κ1) is 25.2. The van der Waals surface area contributed by atoms with E-state index in [2.05, 4.69) is 5.32 Å². The summed E-state index contributed by atoms with van der Waals surface area (Å²) in [5.74, 6) is -0.835. The van der Waals surface area contributed by atoms with Crippen molar-refractivity contribution in [2.24, 2.45) is 0 Å². The van der Waals surface area contributed by atoms with Crippen molar-refractivity contribution in [3.8, 4) is 0 Å². The first-order valence-corrected chi connectivity index (χ1v) is 11.3. The summed E-state index contributed by atoms with van der Waals surface area (Å²) in [4.78, 5) is 38.9. The average molecular weight is 500 g/mol. The predicted octanol–water partition coefficient (Wildman–Crippen LogP) is 4.83. The molecule has 0 unspecified atom stereocenters. The molecule has 0 aliphatic rings. The van der Waals surface area contributed by atoms with E-state index in [1.807, 2.05) is 30.3 Å². The Kier molecular flexibility index (Phi) is 8.62. The van der Waals surface area contributed by atoms with Gasteiger partial charge in [-0.3, -0.25) is 19.7 Å². The zero-order valence-corrected chi connectivity index (χ0v) is 19.9. The van der Waals surface area contributed by atoms with Crippen molar-refractivity contribution < 1.29 is 14.5 Å². The van der Waals surface area contributed by atoms with Gasteiger partial charge in [-0.1, -0.05) is 77.8 Å². The number of nitro groups is 1. The van der Waals surface area contributed by atoms with Crippen molar-refractivity contribution >= 4 is 40.7 Å². The van der Waals surface area contributed by atoms with Crippen molar-refractivity contribution in [2.75, 3.05) is 7.05 Å². The highest BCUT2D eigenvalue weighted by Crippen LogP contribution is 2.28. The van der Waals surface area contributed by atoms with Crippen LogP contribution in [-0.2, 0) is 29.0 Å². The minimum atomic E-state index is -0.894. The molecule has 0 radical (unpaired) electrons. The Morgan fingerprint density at radius 2 is 1.59 bits per heavy atom. The van der Waals surface area contributed by atoms with Gasteiger partial charge in [0, 0.05) is 47.3 Å². The number of hydrogen-bond donors (Lipinski definition) is 1. The van der Waals surface area contributed by atoms with Gasteiger partial charge < -0.3 is 10.2 Å². The van der Waals surface area contributed by atoms with Gasteiger partial charge >= 0.3 is 0 Å². The molecule has 3 aromatic carbocycles. The monoisotopic (exact) mass is 499 g/mol. The minimum Gasteiger partial charge on any atom is -0.357 e. The average Bonchev–Trinajstić information content (AvgIpc) is 2.83. The van der Waals surface area contributed by atoms with Crippen LogP contribution in [0.1, 0.15) is 16.7 Å². The molecule has 0 bridgehead atoms. The van der Waals surface area contributed by atoms with Crippen LogP contribution in [-0.4, -0.2) is 34.7 Å². The summed E-state index contributed by atoms with van der Waals surface area (Å²) in [6.07, 6.45) is -0.0211. The summed E-state index contributed by atoms with van der Waals surface area (Å²) in [6, 6.07) is 19.4. The molecule has 0 aliphatic carbocycles. The SMILES string of the molecule is CNC(=O)[C@H](Cc1ccccc1)N(Cc1c(Cl)cccc1Cl)C(=O)Cc1ccccc1[N+](=O)[O-]. The van der Waals surface area contributed by atoms with Crippen molar-refractivity contribution in [3.63, 3.8) is 0 Å². The quantitative estimate of drug-likeness (QED) is 0.337. The number of para-hydroxylation sites is 1. The highest BCUT2D eigenvalue weighted by Gasteiger charge is 2.31. The Labute approximate surface area is 207 Å². The number of rotatable bonds is 9. The second-order valence-electron chi connectivity index (χ2n) is 7.60. The molecule has 3 aromatic rings. The van der Waals surface area contributed by atoms with Crippen LogP contribution < -0.4 is 5.32 Å². The number of nitro benzene ring substituents is 1. The van der Waals surface area contributed by atoms with E-state index in [1.54, 1.807) is 24.3 Å². The van der Waals surface area contributed by atoms with Gasteiger partial charge in [-0.05, 0) is 17.7 Å². The van der Waals surface area contributed by atoms with Crippen LogP contribution in [0.15, 0.2) is 72.8 Å². The Hall–Kier alpha value is -3.42. The fourth-order valence-corrected chi connectivity index (χ4v) is 4.19. The van der Waals surface area contributed by atoms with Crippen LogP contribution in [0, 0.1) is 10.1 Å². The van der Waals surface area contributed by atoms with Crippen LogP contribution in [0.2, 0.25) is 10.0 Å². The molecule has 1 atom stereocenters. The molecular formula is C25H23Cl2N3O4. The first-order valence-electron chi connectivity index (χ1n) is 10.5. The maximum Gasteiger partial charge on any atom is 0.273 e. The lowest BCUT2D eigenvalue weighted by molar-refractivity contribution is -0.385. The standard InChI is InChI=1S/C25H23Cl2N3O4/c1-28-25(32)23(14-17-8-3-2-4-9-17)29(16-19-20(26)11-7-12-21(19)27)24(31)15-18-10-5-6-13-22(18)30(33)34/h2-13,23H,14-16H2,1H3,(H,28,32)/t23-/m0/s1. The van der Waals surface area contributed by atoms with Crippen LogP contribution >= 0.6 is 23.2 Å². The molecule has 176 valence electrons. The largest absolute Gasteiger partial charge is 0.357 e. The summed E-state index contributed by atoms with van der Waals surface area (Å²) in [5.41, 5.74) is 1.43. The van der Waals surface area contributed by atoms with Crippen LogP contribution in [0.4, 0.5) is 5.69 Å². The number of carbonyl (C=O) groups is 2. The van der Waals surface area contributed by atoms with Gasteiger partial charge in [-0.15, -0.1) is 0 Å². The first-order chi connectivity index (χ1) is 16.3. The van der Waals surface area contributed by atoms with Gasteiger partial charge in [0.05, 0.1) is 11.3 Å². The second-order valence-corrected chi connectivity index (χ2v) is 8.42. The predicted molar refractivity (Wildman–Crippen MR) is 132 cm³/mol. The Bertz CT molecular complexity index is 1170. The molecule has 1 N–H and O–H groups in total. The van der Waals surface area contributed by atoms with E-state index in [9.17, 15) is 19.7 Å². The molecule has 0 heterocycles. The van der Waals surface area contributed by atoms with Gasteiger partial charge in [0.25, 0.3) is 5.69 Å². The lowest BCUT2D eigenvalue weighted by atomic mass is 10.0. The third-order valence-electron chi connectivity index (χ3n) is 5.44. The number of hydrogen-bond acceptors (Lipinski definition) is 4. The molecule has 3 rings (SSSR count). The molecule has 0 spiro atoms. The fourth-order valence-electron chi connectivity index (χ4n) is 3.68. The summed E-state index contributed by atoms with van der Waals surface area (Å²) in [7, 11) is 1.49. The molecule has 34 heavy (non-hydrogen) atoms. The second kappa shape index (κ2) is 11.6. The van der Waals surface area contributed by atoms with E-state index in [1.165, 1.54) is 30.1 Å². The number of benzene rings is 3. The van der Waals surface area contributed by atoms with E-state index in [0.717, 1.165) is 5.56 Å². The van der Waals surface area contributed by atoms with E-state index in [-0.39, 0.29) is 36.5 Å². The molecule has 2 amide bonds. The molecular weight excluding hydrogens is 477 g/mol. The van der Waals surface area contributed by atoms with Gasteiger partial charge in [0.15, 0.2) is 0 Å². The number of nitrogens with zero attached hydrogens (tertiary/aromatic N) is 2. The van der Waals surface area contributed by atoms with Gasteiger partial charge in [0.2, 0.25) is 11.8 Å². The van der Waals surface area contributed by atoms with Crippen molar-refractivity contribution in [1.29, 1.82) is 0 Å². The third-order valence-corrected chi connectivity index (χ3v) is 6.15. The van der Waals surface area contributed by atoms with Gasteiger partial charge in [-0.2, -0.15) is 0 Å². The van der Waals surface area contributed by atoms with E-state index < -0.39 is 16.9 Å². The number of halogens is 2. The van der Waals surface area contributed by atoms with E-state index in [4.69, 9.17) is 23.2 Å². The number of carbonyl (C=O) groups excluding carboxylic acids is 2. The highest BCUT2D eigenvalue weighted by molar-refractivity contribution is 6.36. The van der Waals surface area contributed by atoms with Crippen LogP contribution in [0.25, 0.3) is 0 Å². The Balaban J connectivity index is 2.03. The zero-order chi connectivity index (χ0) is 24.7.